The van der Waals surface area contributed by atoms with Crippen molar-refractivity contribution in [2.45, 2.75) is 49.6 Å². The molecule has 30 heavy (non-hydrogen) atoms. The summed E-state index contributed by atoms with van der Waals surface area (Å²) in [6.07, 6.45) is 3.86. The Bertz CT molecular complexity index is 954. The van der Waals surface area contributed by atoms with E-state index in [9.17, 15) is 13.2 Å². The molecule has 0 saturated heterocycles. The standard InChI is InChI=1S/C22H28N2O5S/c1-16(20-9-5-6-10-21(20)28-2)23-22(25)15-29-18-11-13-19(14-12-18)30(26,27)24-17-7-3-4-8-17/h5-6,9-14,16-17,24H,3-4,7-8,15H2,1-2H3,(H,23,25). The van der Waals surface area contributed by atoms with Gasteiger partial charge in [0, 0.05) is 11.6 Å². The van der Waals surface area contributed by atoms with Gasteiger partial charge in [-0.05, 0) is 50.1 Å². The number of benzene rings is 2. The minimum atomic E-state index is -3.54. The van der Waals surface area contributed by atoms with Crippen LogP contribution in [0.1, 0.15) is 44.2 Å². The highest BCUT2D eigenvalue weighted by Crippen LogP contribution is 2.24. The highest BCUT2D eigenvalue weighted by atomic mass is 32.2. The molecule has 0 bridgehead atoms. The Morgan fingerprint density at radius 2 is 1.77 bits per heavy atom. The summed E-state index contributed by atoms with van der Waals surface area (Å²) < 4.78 is 38.5. The van der Waals surface area contributed by atoms with E-state index in [2.05, 4.69) is 10.0 Å². The van der Waals surface area contributed by atoms with Crippen molar-refractivity contribution in [3.63, 3.8) is 0 Å². The quantitative estimate of drug-likeness (QED) is 0.635. The molecule has 3 rings (SSSR count). The number of ether oxygens (including phenoxy) is 2. The van der Waals surface area contributed by atoms with E-state index in [-0.39, 0.29) is 29.5 Å². The minimum absolute atomic E-state index is 0.0138. The molecular formula is C22H28N2O5S. The molecule has 0 spiro atoms. The minimum Gasteiger partial charge on any atom is -0.496 e. The molecule has 0 heterocycles. The van der Waals surface area contributed by atoms with Crippen LogP contribution in [-0.4, -0.2) is 34.1 Å². The Labute approximate surface area is 177 Å². The van der Waals surface area contributed by atoms with E-state index in [1.165, 1.54) is 12.1 Å². The third kappa shape index (κ3) is 5.73. The van der Waals surface area contributed by atoms with Crippen LogP contribution in [-0.2, 0) is 14.8 Å². The van der Waals surface area contributed by atoms with E-state index >= 15 is 0 Å². The first kappa shape index (κ1) is 22.1. The molecule has 7 nitrogen and oxygen atoms in total. The average molecular weight is 433 g/mol. The Hall–Kier alpha value is -2.58. The van der Waals surface area contributed by atoms with E-state index in [1.807, 2.05) is 31.2 Å². The molecule has 8 heteroatoms. The summed E-state index contributed by atoms with van der Waals surface area (Å²) in [6, 6.07) is 13.3. The fraction of sp³-hybridized carbons (Fsp3) is 0.409. The van der Waals surface area contributed by atoms with E-state index in [4.69, 9.17) is 9.47 Å². The Balaban J connectivity index is 1.52. The summed E-state index contributed by atoms with van der Waals surface area (Å²) in [6.45, 7) is 1.69. The van der Waals surface area contributed by atoms with Crippen LogP contribution in [0.2, 0.25) is 0 Å². The number of methoxy groups -OCH3 is 1. The molecule has 2 aromatic rings. The van der Waals surface area contributed by atoms with E-state index in [1.54, 1.807) is 19.2 Å². The van der Waals surface area contributed by atoms with Crippen LogP contribution in [0.25, 0.3) is 0 Å². The second-order valence-corrected chi connectivity index (χ2v) is 9.11. The maximum atomic E-state index is 12.4. The molecule has 1 unspecified atom stereocenters. The van der Waals surface area contributed by atoms with E-state index < -0.39 is 10.0 Å². The Kier molecular flexibility index (Phi) is 7.33. The Morgan fingerprint density at radius 3 is 2.43 bits per heavy atom. The molecule has 2 N–H and O–H groups in total. The molecule has 162 valence electrons. The lowest BCUT2D eigenvalue weighted by atomic mass is 10.1. The van der Waals surface area contributed by atoms with Gasteiger partial charge in [-0.3, -0.25) is 4.79 Å². The summed E-state index contributed by atoms with van der Waals surface area (Å²) in [5.41, 5.74) is 0.873. The zero-order chi connectivity index (χ0) is 21.6. The second kappa shape index (κ2) is 9.95. The van der Waals surface area contributed by atoms with Crippen LogP contribution in [0.4, 0.5) is 0 Å². The van der Waals surface area contributed by atoms with Gasteiger partial charge >= 0.3 is 0 Å². The van der Waals surface area contributed by atoms with Crippen molar-refractivity contribution in [3.05, 3.63) is 54.1 Å². The highest BCUT2D eigenvalue weighted by Gasteiger charge is 2.23. The van der Waals surface area contributed by atoms with Crippen LogP contribution in [0, 0.1) is 0 Å². The second-order valence-electron chi connectivity index (χ2n) is 7.39. The predicted molar refractivity (Wildman–Crippen MR) is 114 cm³/mol. The molecule has 1 fully saturated rings. The first-order valence-corrected chi connectivity index (χ1v) is 11.5. The van der Waals surface area contributed by atoms with Crippen LogP contribution >= 0.6 is 0 Å². The van der Waals surface area contributed by atoms with Gasteiger partial charge in [-0.15, -0.1) is 0 Å². The van der Waals surface area contributed by atoms with Crippen LogP contribution in [0.3, 0.4) is 0 Å². The number of carbonyl (C=O) groups is 1. The molecule has 1 aliphatic carbocycles. The molecule has 1 amide bonds. The van der Waals surface area contributed by atoms with Gasteiger partial charge in [-0.25, -0.2) is 13.1 Å². The van der Waals surface area contributed by atoms with Crippen molar-refractivity contribution in [3.8, 4) is 11.5 Å². The average Bonchev–Trinajstić information content (AvgIpc) is 3.24. The Morgan fingerprint density at radius 1 is 1.10 bits per heavy atom. The summed E-state index contributed by atoms with van der Waals surface area (Å²) in [4.78, 5) is 12.4. The van der Waals surface area contributed by atoms with Crippen LogP contribution in [0.5, 0.6) is 11.5 Å². The number of hydrogen-bond acceptors (Lipinski definition) is 5. The van der Waals surface area contributed by atoms with E-state index in [0.29, 0.717) is 11.5 Å². The van der Waals surface area contributed by atoms with Crippen molar-refractivity contribution in [1.82, 2.24) is 10.0 Å². The van der Waals surface area contributed by atoms with Crippen molar-refractivity contribution < 1.29 is 22.7 Å². The van der Waals surface area contributed by atoms with E-state index in [0.717, 1.165) is 31.2 Å². The maximum absolute atomic E-state index is 12.4. The molecule has 0 radical (unpaired) electrons. The van der Waals surface area contributed by atoms with Gasteiger partial charge < -0.3 is 14.8 Å². The van der Waals surface area contributed by atoms with Gasteiger partial charge in [0.25, 0.3) is 5.91 Å². The van der Waals surface area contributed by atoms with Crippen molar-refractivity contribution >= 4 is 15.9 Å². The van der Waals surface area contributed by atoms with Gasteiger partial charge in [0.2, 0.25) is 10.0 Å². The summed E-state index contributed by atoms with van der Waals surface area (Å²) in [7, 11) is -1.95. The van der Waals surface area contributed by atoms with Gasteiger partial charge in [0.15, 0.2) is 6.61 Å². The van der Waals surface area contributed by atoms with Gasteiger partial charge in [-0.2, -0.15) is 0 Å². The number of amides is 1. The zero-order valence-electron chi connectivity index (χ0n) is 17.3. The number of carbonyl (C=O) groups excluding carboxylic acids is 1. The third-order valence-corrected chi connectivity index (χ3v) is 6.70. The first-order chi connectivity index (χ1) is 14.4. The lowest BCUT2D eigenvalue weighted by Gasteiger charge is -2.17. The summed E-state index contributed by atoms with van der Waals surface area (Å²) in [5.74, 6) is 0.845. The highest BCUT2D eigenvalue weighted by molar-refractivity contribution is 7.89. The molecule has 1 atom stereocenters. The van der Waals surface area contributed by atoms with Gasteiger partial charge in [0.1, 0.15) is 11.5 Å². The number of sulfonamides is 1. The largest absolute Gasteiger partial charge is 0.496 e. The number of rotatable bonds is 9. The fourth-order valence-corrected chi connectivity index (χ4v) is 4.89. The van der Waals surface area contributed by atoms with Crippen molar-refractivity contribution in [2.75, 3.05) is 13.7 Å². The fourth-order valence-electron chi connectivity index (χ4n) is 3.58. The third-order valence-electron chi connectivity index (χ3n) is 5.16. The molecule has 1 aliphatic rings. The molecule has 1 saturated carbocycles. The molecular weight excluding hydrogens is 404 g/mol. The smallest absolute Gasteiger partial charge is 0.258 e. The number of nitrogens with one attached hydrogen (secondary N) is 2. The first-order valence-electron chi connectivity index (χ1n) is 10.1. The number of hydrogen-bond donors (Lipinski definition) is 2. The lowest BCUT2D eigenvalue weighted by molar-refractivity contribution is -0.123. The molecule has 0 aromatic heterocycles. The van der Waals surface area contributed by atoms with Gasteiger partial charge in [-0.1, -0.05) is 31.0 Å². The zero-order valence-corrected chi connectivity index (χ0v) is 18.1. The maximum Gasteiger partial charge on any atom is 0.258 e. The van der Waals surface area contributed by atoms with Crippen LogP contribution in [0.15, 0.2) is 53.4 Å². The predicted octanol–water partition coefficient (Wildman–Crippen LogP) is 3.17. The van der Waals surface area contributed by atoms with Crippen molar-refractivity contribution in [2.24, 2.45) is 0 Å². The summed E-state index contributed by atoms with van der Waals surface area (Å²) in [5, 5.41) is 2.87. The van der Waals surface area contributed by atoms with Crippen LogP contribution < -0.4 is 19.5 Å². The normalized spacial score (nSPS) is 15.5. The SMILES string of the molecule is COc1ccccc1C(C)NC(=O)COc1ccc(S(=O)(=O)NC2CCCC2)cc1. The van der Waals surface area contributed by atoms with Gasteiger partial charge in [0.05, 0.1) is 18.0 Å². The lowest BCUT2D eigenvalue weighted by Crippen LogP contribution is -2.32. The monoisotopic (exact) mass is 432 g/mol. The summed E-state index contributed by atoms with van der Waals surface area (Å²) >= 11 is 0. The van der Waals surface area contributed by atoms with Crippen molar-refractivity contribution in [1.29, 1.82) is 0 Å². The number of para-hydroxylation sites is 1. The molecule has 2 aromatic carbocycles. The topological polar surface area (TPSA) is 93.7 Å². The molecule has 0 aliphatic heterocycles.